The number of para-hydroxylation sites is 1. The lowest BCUT2D eigenvalue weighted by Gasteiger charge is -2.06. The molecule has 0 spiro atoms. The summed E-state index contributed by atoms with van der Waals surface area (Å²) in [6, 6.07) is 16.6. The molecule has 8 heteroatoms. The van der Waals surface area contributed by atoms with E-state index in [1.54, 1.807) is 36.1 Å². The third kappa shape index (κ3) is 4.69. The maximum Gasteiger partial charge on any atom is 0.277 e. The average Bonchev–Trinajstić information content (AvgIpc) is 3.01. The van der Waals surface area contributed by atoms with Crippen LogP contribution in [0.1, 0.15) is 11.3 Å². The highest BCUT2D eigenvalue weighted by Crippen LogP contribution is 2.20. The fourth-order valence-electron chi connectivity index (χ4n) is 2.47. The fraction of sp³-hybridized carbons (Fsp3) is 0.150. The van der Waals surface area contributed by atoms with Gasteiger partial charge >= 0.3 is 0 Å². The lowest BCUT2D eigenvalue weighted by atomic mass is 10.2. The molecule has 1 amide bonds. The summed E-state index contributed by atoms with van der Waals surface area (Å²) in [4.78, 5) is 11.9. The van der Waals surface area contributed by atoms with E-state index < -0.39 is 5.91 Å². The van der Waals surface area contributed by atoms with Crippen molar-refractivity contribution < 1.29 is 14.3 Å². The van der Waals surface area contributed by atoms with E-state index >= 15 is 0 Å². The minimum Gasteiger partial charge on any atom is -0.497 e. The van der Waals surface area contributed by atoms with Crippen molar-refractivity contribution in [2.75, 3.05) is 13.7 Å². The highest BCUT2D eigenvalue weighted by Gasteiger charge is 2.12. The van der Waals surface area contributed by atoms with Gasteiger partial charge in [-0.15, -0.1) is 0 Å². The molecule has 0 unspecified atom stereocenters. The largest absolute Gasteiger partial charge is 0.497 e. The molecule has 1 heterocycles. The predicted molar refractivity (Wildman–Crippen MR) is 108 cm³/mol. The van der Waals surface area contributed by atoms with E-state index in [2.05, 4.69) is 15.6 Å². The van der Waals surface area contributed by atoms with E-state index in [-0.39, 0.29) is 6.61 Å². The molecule has 144 valence electrons. The van der Waals surface area contributed by atoms with Crippen molar-refractivity contribution in [2.45, 2.75) is 6.92 Å². The van der Waals surface area contributed by atoms with Crippen LogP contribution in [-0.4, -0.2) is 35.6 Å². The molecule has 0 atom stereocenters. The van der Waals surface area contributed by atoms with Crippen molar-refractivity contribution in [3.05, 3.63) is 71.0 Å². The zero-order valence-corrected chi connectivity index (χ0v) is 16.2. The molecule has 0 radical (unpaired) electrons. The molecule has 2 aromatic carbocycles. The SMILES string of the molecule is COc1ccc(OCC(=O)N/N=C\c2c(Cl)nn(-c3ccccc3)c2C)cc1. The minimum absolute atomic E-state index is 0.167. The van der Waals surface area contributed by atoms with E-state index in [1.807, 2.05) is 37.3 Å². The van der Waals surface area contributed by atoms with Crippen molar-refractivity contribution in [3.8, 4) is 17.2 Å². The van der Waals surface area contributed by atoms with Gasteiger partial charge in [0.1, 0.15) is 11.5 Å². The quantitative estimate of drug-likeness (QED) is 0.489. The Morgan fingerprint density at radius 1 is 1.18 bits per heavy atom. The Morgan fingerprint density at radius 3 is 2.54 bits per heavy atom. The van der Waals surface area contributed by atoms with Crippen molar-refractivity contribution in [1.82, 2.24) is 15.2 Å². The van der Waals surface area contributed by atoms with Gasteiger partial charge in [0.05, 0.1) is 30.3 Å². The number of hydrogen-bond acceptors (Lipinski definition) is 5. The number of ether oxygens (including phenoxy) is 2. The van der Waals surface area contributed by atoms with Crippen molar-refractivity contribution in [3.63, 3.8) is 0 Å². The number of amides is 1. The second-order valence-electron chi connectivity index (χ2n) is 5.79. The number of aromatic nitrogens is 2. The third-order valence-corrected chi connectivity index (χ3v) is 4.21. The number of carbonyl (C=O) groups is 1. The summed E-state index contributed by atoms with van der Waals surface area (Å²) in [5.41, 5.74) is 4.74. The maximum absolute atomic E-state index is 11.9. The van der Waals surface area contributed by atoms with Crippen LogP contribution in [0.4, 0.5) is 0 Å². The Kier molecular flexibility index (Phi) is 6.29. The Morgan fingerprint density at radius 2 is 1.86 bits per heavy atom. The van der Waals surface area contributed by atoms with Gasteiger partial charge < -0.3 is 9.47 Å². The number of hydrazone groups is 1. The number of halogens is 1. The van der Waals surface area contributed by atoms with Crippen LogP contribution in [0.2, 0.25) is 5.15 Å². The summed E-state index contributed by atoms with van der Waals surface area (Å²) in [7, 11) is 1.58. The van der Waals surface area contributed by atoms with Crippen molar-refractivity contribution >= 4 is 23.7 Å². The highest BCUT2D eigenvalue weighted by atomic mass is 35.5. The molecule has 0 aliphatic heterocycles. The minimum atomic E-state index is -0.392. The van der Waals surface area contributed by atoms with E-state index in [4.69, 9.17) is 21.1 Å². The first-order valence-electron chi connectivity index (χ1n) is 8.48. The monoisotopic (exact) mass is 398 g/mol. The summed E-state index contributed by atoms with van der Waals surface area (Å²) in [6.45, 7) is 1.71. The number of methoxy groups -OCH3 is 1. The van der Waals surface area contributed by atoms with E-state index in [1.165, 1.54) is 6.21 Å². The van der Waals surface area contributed by atoms with Crippen LogP contribution in [0.3, 0.4) is 0 Å². The molecule has 7 nitrogen and oxygen atoms in total. The number of hydrogen-bond donors (Lipinski definition) is 1. The molecule has 0 bridgehead atoms. The molecule has 0 fully saturated rings. The number of nitrogens with one attached hydrogen (secondary N) is 1. The van der Waals surface area contributed by atoms with Gasteiger partial charge in [-0.05, 0) is 43.3 Å². The maximum atomic E-state index is 11.9. The Bertz CT molecular complexity index is 969. The Hall–Kier alpha value is -3.32. The lowest BCUT2D eigenvalue weighted by Crippen LogP contribution is -2.24. The van der Waals surface area contributed by atoms with Gasteiger partial charge in [-0.3, -0.25) is 4.79 Å². The molecule has 1 aromatic heterocycles. The van der Waals surface area contributed by atoms with Crippen LogP contribution in [0.25, 0.3) is 5.69 Å². The molecular formula is C20H19ClN4O3. The van der Waals surface area contributed by atoms with E-state index in [0.717, 1.165) is 11.4 Å². The number of nitrogens with zero attached hydrogens (tertiary/aromatic N) is 3. The Labute approximate surface area is 167 Å². The summed E-state index contributed by atoms with van der Waals surface area (Å²) < 4.78 is 12.2. The first kappa shape index (κ1) is 19.4. The van der Waals surface area contributed by atoms with Gasteiger partial charge in [0.25, 0.3) is 5.91 Å². The third-order valence-electron chi connectivity index (χ3n) is 3.93. The van der Waals surface area contributed by atoms with Crippen LogP contribution >= 0.6 is 11.6 Å². The number of carbonyl (C=O) groups excluding carboxylic acids is 1. The average molecular weight is 399 g/mol. The van der Waals surface area contributed by atoms with Gasteiger partial charge in [0, 0.05) is 0 Å². The van der Waals surface area contributed by atoms with Crippen LogP contribution in [0.5, 0.6) is 11.5 Å². The van der Waals surface area contributed by atoms with Gasteiger partial charge in [0.15, 0.2) is 11.8 Å². The summed E-state index contributed by atoms with van der Waals surface area (Å²) in [5.74, 6) is 0.879. The molecule has 3 rings (SSSR count). The van der Waals surface area contributed by atoms with Crippen molar-refractivity contribution in [2.24, 2.45) is 5.10 Å². The zero-order chi connectivity index (χ0) is 19.9. The predicted octanol–water partition coefficient (Wildman–Crippen LogP) is 3.37. The van der Waals surface area contributed by atoms with E-state index in [9.17, 15) is 4.79 Å². The second-order valence-corrected chi connectivity index (χ2v) is 6.15. The Balaban J connectivity index is 1.58. The van der Waals surface area contributed by atoms with Crippen molar-refractivity contribution in [1.29, 1.82) is 0 Å². The number of benzene rings is 2. The standard InChI is InChI=1S/C20H19ClN4O3/c1-14-18(20(21)24-25(14)15-6-4-3-5-7-15)12-22-23-19(26)13-28-17-10-8-16(27-2)9-11-17/h3-12H,13H2,1-2H3,(H,23,26)/b22-12-. The van der Waals surface area contributed by atoms with Crippen LogP contribution < -0.4 is 14.9 Å². The van der Waals surface area contributed by atoms with Crippen LogP contribution in [0, 0.1) is 6.92 Å². The highest BCUT2D eigenvalue weighted by molar-refractivity contribution is 6.32. The summed E-state index contributed by atoms with van der Waals surface area (Å²) in [5, 5.41) is 8.56. The molecule has 28 heavy (non-hydrogen) atoms. The molecule has 0 saturated carbocycles. The molecule has 0 aliphatic rings. The molecule has 1 N–H and O–H groups in total. The summed E-state index contributed by atoms with van der Waals surface area (Å²) in [6.07, 6.45) is 1.47. The number of rotatable bonds is 7. The van der Waals surface area contributed by atoms with Gasteiger partial charge in [-0.2, -0.15) is 10.2 Å². The fourth-order valence-corrected chi connectivity index (χ4v) is 2.73. The van der Waals surface area contributed by atoms with Gasteiger partial charge in [-0.1, -0.05) is 29.8 Å². The summed E-state index contributed by atoms with van der Waals surface area (Å²) >= 11 is 6.21. The lowest BCUT2D eigenvalue weighted by molar-refractivity contribution is -0.123. The first-order valence-corrected chi connectivity index (χ1v) is 8.85. The first-order chi connectivity index (χ1) is 13.6. The normalized spacial score (nSPS) is 10.8. The second kappa shape index (κ2) is 9.05. The molecular weight excluding hydrogens is 380 g/mol. The van der Waals surface area contributed by atoms with Crippen LogP contribution in [-0.2, 0) is 4.79 Å². The molecule has 0 aliphatic carbocycles. The van der Waals surface area contributed by atoms with Gasteiger partial charge in [0.2, 0.25) is 0 Å². The van der Waals surface area contributed by atoms with E-state index in [0.29, 0.717) is 22.2 Å². The zero-order valence-electron chi connectivity index (χ0n) is 15.4. The molecule has 0 saturated heterocycles. The topological polar surface area (TPSA) is 77.7 Å². The van der Waals surface area contributed by atoms with Crippen LogP contribution in [0.15, 0.2) is 59.7 Å². The smallest absolute Gasteiger partial charge is 0.277 e. The van der Waals surface area contributed by atoms with Gasteiger partial charge in [-0.25, -0.2) is 10.1 Å². The molecule has 3 aromatic rings.